The maximum Gasteiger partial charge on any atom is 0.238 e. The molecule has 24 heavy (non-hydrogen) atoms. The highest BCUT2D eigenvalue weighted by molar-refractivity contribution is 7.88. The maximum absolute atomic E-state index is 12.4. The van der Waals surface area contributed by atoms with Gasteiger partial charge < -0.3 is 5.32 Å². The van der Waals surface area contributed by atoms with E-state index in [4.69, 9.17) is 0 Å². The minimum atomic E-state index is -3.38. The van der Waals surface area contributed by atoms with Crippen LogP contribution in [0, 0.1) is 0 Å². The zero-order valence-corrected chi connectivity index (χ0v) is 14.1. The van der Waals surface area contributed by atoms with Crippen molar-refractivity contribution in [1.29, 1.82) is 0 Å². The lowest BCUT2D eigenvalue weighted by molar-refractivity contribution is -0.124. The zero-order valence-electron chi connectivity index (χ0n) is 13.3. The van der Waals surface area contributed by atoms with Gasteiger partial charge in [-0.25, -0.2) is 18.1 Å². The fraction of sp³-hybridized carbons (Fsp3) is 0.400. The Kier molecular flexibility index (Phi) is 4.63. The first-order valence-electron chi connectivity index (χ1n) is 7.65. The predicted octanol–water partition coefficient (Wildman–Crippen LogP) is 0.308. The predicted molar refractivity (Wildman–Crippen MR) is 87.8 cm³/mol. The van der Waals surface area contributed by atoms with Gasteiger partial charge in [0.1, 0.15) is 6.04 Å². The molecule has 0 aliphatic carbocycles. The Morgan fingerprint density at radius 1 is 1.38 bits per heavy atom. The number of hydrogen-bond donors (Lipinski definition) is 1. The van der Waals surface area contributed by atoms with E-state index >= 15 is 0 Å². The van der Waals surface area contributed by atoms with Gasteiger partial charge in [0.15, 0.2) is 5.82 Å². The molecule has 1 atom stereocenters. The van der Waals surface area contributed by atoms with Crippen molar-refractivity contribution < 1.29 is 13.2 Å². The summed E-state index contributed by atoms with van der Waals surface area (Å²) >= 11 is 0. The lowest BCUT2D eigenvalue weighted by Crippen LogP contribution is -2.45. The fourth-order valence-corrected chi connectivity index (χ4v) is 3.99. The normalized spacial score (nSPS) is 18.6. The third kappa shape index (κ3) is 3.46. The molecule has 3 heterocycles. The van der Waals surface area contributed by atoms with Crippen molar-refractivity contribution in [2.75, 3.05) is 12.8 Å². The first kappa shape index (κ1) is 16.6. The monoisotopic (exact) mass is 349 g/mol. The van der Waals surface area contributed by atoms with Crippen LogP contribution in [0.1, 0.15) is 18.4 Å². The first-order chi connectivity index (χ1) is 11.5. The van der Waals surface area contributed by atoms with E-state index in [9.17, 15) is 13.2 Å². The van der Waals surface area contributed by atoms with Crippen molar-refractivity contribution in [3.05, 3.63) is 42.4 Å². The second kappa shape index (κ2) is 6.70. The van der Waals surface area contributed by atoms with E-state index in [0.29, 0.717) is 25.2 Å². The number of hydrogen-bond acceptors (Lipinski definition) is 5. The minimum absolute atomic E-state index is 0.260. The summed E-state index contributed by atoms with van der Waals surface area (Å²) in [7, 11) is -3.38. The number of nitrogens with one attached hydrogen (secondary N) is 1. The van der Waals surface area contributed by atoms with Crippen molar-refractivity contribution in [1.82, 2.24) is 24.4 Å². The Balaban J connectivity index is 1.72. The highest BCUT2D eigenvalue weighted by Gasteiger charge is 2.36. The molecule has 2 aromatic rings. The Morgan fingerprint density at radius 3 is 2.92 bits per heavy atom. The standard InChI is InChI=1S/C15H19N5O3S/c1-24(22,23)20-10-3-6-13(20)15(21)17-11-12-5-2-7-16-14(12)19-9-4-8-18-19/h2,4-5,7-9,13H,3,6,10-11H2,1H3,(H,17,21)/t13-/m0/s1. The van der Waals surface area contributed by atoms with Crippen LogP contribution >= 0.6 is 0 Å². The Morgan fingerprint density at radius 2 is 2.21 bits per heavy atom. The first-order valence-corrected chi connectivity index (χ1v) is 9.50. The van der Waals surface area contributed by atoms with E-state index in [0.717, 1.165) is 11.8 Å². The maximum atomic E-state index is 12.4. The lowest BCUT2D eigenvalue weighted by Gasteiger charge is -2.21. The van der Waals surface area contributed by atoms with E-state index < -0.39 is 16.1 Å². The molecule has 1 N–H and O–H groups in total. The van der Waals surface area contributed by atoms with Gasteiger partial charge >= 0.3 is 0 Å². The van der Waals surface area contributed by atoms with Crippen LogP contribution in [0.5, 0.6) is 0 Å². The third-order valence-corrected chi connectivity index (χ3v) is 5.26. The molecule has 1 aliphatic heterocycles. The highest BCUT2D eigenvalue weighted by atomic mass is 32.2. The number of rotatable bonds is 5. The number of nitrogens with zero attached hydrogens (tertiary/aromatic N) is 4. The van der Waals surface area contributed by atoms with E-state index in [1.807, 2.05) is 6.07 Å². The van der Waals surface area contributed by atoms with Gasteiger partial charge in [0.25, 0.3) is 0 Å². The van der Waals surface area contributed by atoms with E-state index in [2.05, 4.69) is 15.4 Å². The van der Waals surface area contributed by atoms with Crippen molar-refractivity contribution >= 4 is 15.9 Å². The molecule has 128 valence electrons. The zero-order chi connectivity index (χ0) is 17.2. The summed E-state index contributed by atoms with van der Waals surface area (Å²) in [5.41, 5.74) is 0.804. The smallest absolute Gasteiger partial charge is 0.238 e. The van der Waals surface area contributed by atoms with Gasteiger partial charge in [0.05, 0.1) is 6.26 Å². The van der Waals surface area contributed by atoms with Crippen molar-refractivity contribution in [3.8, 4) is 5.82 Å². The van der Waals surface area contributed by atoms with E-state index in [-0.39, 0.29) is 12.5 Å². The summed E-state index contributed by atoms with van der Waals surface area (Å²) < 4.78 is 26.4. The minimum Gasteiger partial charge on any atom is -0.350 e. The molecule has 0 bridgehead atoms. The quantitative estimate of drug-likeness (QED) is 0.838. The van der Waals surface area contributed by atoms with Crippen LogP contribution < -0.4 is 5.32 Å². The molecule has 3 rings (SSSR count). The van der Waals surface area contributed by atoms with Crippen molar-refractivity contribution in [2.24, 2.45) is 0 Å². The van der Waals surface area contributed by atoms with Crippen molar-refractivity contribution in [3.63, 3.8) is 0 Å². The Labute approximate surface area is 140 Å². The van der Waals surface area contributed by atoms with Gasteiger partial charge in [0, 0.05) is 37.2 Å². The van der Waals surface area contributed by atoms with Gasteiger partial charge in [-0.3, -0.25) is 4.79 Å². The van der Waals surface area contributed by atoms with Crippen LogP contribution in [-0.2, 0) is 21.4 Å². The molecule has 0 unspecified atom stereocenters. The molecule has 2 aromatic heterocycles. The molecule has 8 nitrogen and oxygen atoms in total. The van der Waals surface area contributed by atoms with Gasteiger partial charge in [-0.15, -0.1) is 0 Å². The average molecular weight is 349 g/mol. The van der Waals surface area contributed by atoms with Crippen LogP contribution in [0.15, 0.2) is 36.8 Å². The van der Waals surface area contributed by atoms with Crippen LogP contribution in [0.4, 0.5) is 0 Å². The second-order valence-electron chi connectivity index (χ2n) is 5.69. The molecular weight excluding hydrogens is 330 g/mol. The number of aromatic nitrogens is 3. The number of sulfonamides is 1. The molecule has 1 amide bonds. The number of amides is 1. The Bertz CT molecular complexity index is 819. The molecule has 1 saturated heterocycles. The van der Waals surface area contributed by atoms with Gasteiger partial charge in [-0.05, 0) is 25.0 Å². The van der Waals surface area contributed by atoms with Gasteiger partial charge in [-0.2, -0.15) is 9.40 Å². The molecule has 0 spiro atoms. The average Bonchev–Trinajstić information content (AvgIpc) is 3.23. The van der Waals surface area contributed by atoms with Crippen molar-refractivity contribution in [2.45, 2.75) is 25.4 Å². The summed E-state index contributed by atoms with van der Waals surface area (Å²) in [6.45, 7) is 0.651. The van der Waals surface area contributed by atoms with Crippen LogP contribution in [0.3, 0.4) is 0 Å². The SMILES string of the molecule is CS(=O)(=O)N1CCC[C@H]1C(=O)NCc1cccnc1-n1cccn1. The third-order valence-electron chi connectivity index (χ3n) is 3.97. The number of carbonyl (C=O) groups excluding carboxylic acids is 1. The van der Waals surface area contributed by atoms with Crippen LogP contribution in [0.25, 0.3) is 5.82 Å². The van der Waals surface area contributed by atoms with E-state index in [1.54, 1.807) is 35.4 Å². The molecule has 9 heteroatoms. The van der Waals surface area contributed by atoms with Crippen LogP contribution in [-0.4, -0.2) is 52.2 Å². The molecule has 0 radical (unpaired) electrons. The number of pyridine rings is 1. The molecule has 1 aliphatic rings. The topological polar surface area (TPSA) is 97.2 Å². The molecule has 0 saturated carbocycles. The Hall–Kier alpha value is -2.26. The van der Waals surface area contributed by atoms with Crippen LogP contribution in [0.2, 0.25) is 0 Å². The summed E-state index contributed by atoms with van der Waals surface area (Å²) in [6, 6.07) is 4.80. The molecule has 0 aromatic carbocycles. The summed E-state index contributed by atoms with van der Waals surface area (Å²) in [6.07, 6.45) is 7.45. The van der Waals surface area contributed by atoms with Gasteiger partial charge in [-0.1, -0.05) is 6.07 Å². The largest absolute Gasteiger partial charge is 0.350 e. The summed E-state index contributed by atoms with van der Waals surface area (Å²) in [4.78, 5) is 16.7. The van der Waals surface area contributed by atoms with E-state index in [1.165, 1.54) is 4.31 Å². The summed E-state index contributed by atoms with van der Waals surface area (Å²) in [5.74, 6) is 0.349. The molecular formula is C15H19N5O3S. The highest BCUT2D eigenvalue weighted by Crippen LogP contribution is 2.20. The summed E-state index contributed by atoms with van der Waals surface area (Å²) in [5, 5.41) is 6.97. The lowest BCUT2D eigenvalue weighted by atomic mass is 10.2. The van der Waals surface area contributed by atoms with Gasteiger partial charge in [0.2, 0.25) is 15.9 Å². The number of carbonyl (C=O) groups is 1. The fourth-order valence-electron chi connectivity index (χ4n) is 2.87. The molecule has 1 fully saturated rings. The second-order valence-corrected chi connectivity index (χ2v) is 7.62.